The van der Waals surface area contributed by atoms with Crippen molar-refractivity contribution in [2.45, 2.75) is 80.9 Å². The largest absolute Gasteiger partial charge is 0.426 e. The summed E-state index contributed by atoms with van der Waals surface area (Å²) in [5, 5.41) is 0.0104. The molecule has 212 valence electrons. The van der Waals surface area contributed by atoms with Crippen LogP contribution in [0.25, 0.3) is 0 Å². The summed E-state index contributed by atoms with van der Waals surface area (Å²) in [5.74, 6) is -0.433. The first-order chi connectivity index (χ1) is 18.2. The van der Waals surface area contributed by atoms with Gasteiger partial charge in [-0.25, -0.2) is 12.8 Å². The van der Waals surface area contributed by atoms with Crippen molar-refractivity contribution >= 4 is 27.3 Å². The van der Waals surface area contributed by atoms with Crippen molar-refractivity contribution in [3.63, 3.8) is 0 Å². The Morgan fingerprint density at radius 3 is 2.44 bits per heavy atom. The van der Waals surface area contributed by atoms with Gasteiger partial charge >= 0.3 is 6.18 Å². The Balaban J connectivity index is 1.53. The predicted molar refractivity (Wildman–Crippen MR) is 142 cm³/mol. The Hall–Kier alpha value is -2.13. The maximum atomic E-state index is 14.9. The van der Waals surface area contributed by atoms with Gasteiger partial charge in [-0.15, -0.1) is 0 Å². The molecule has 1 amide bonds. The molecule has 0 bridgehead atoms. The van der Waals surface area contributed by atoms with Crippen molar-refractivity contribution in [2.75, 3.05) is 12.3 Å². The Bertz CT molecular complexity index is 1380. The topological polar surface area (TPSA) is 54.5 Å². The van der Waals surface area contributed by atoms with Gasteiger partial charge in [-0.3, -0.25) is 4.79 Å². The summed E-state index contributed by atoms with van der Waals surface area (Å²) in [6.45, 7) is 2.67. The molecule has 0 spiro atoms. The van der Waals surface area contributed by atoms with Crippen LogP contribution in [0.1, 0.15) is 61.8 Å². The SMILES string of the molecule is CC1CC(C(=O)N2CCC3(Cc4ccc(Cl)cc4)c4ccc(C(C)(F)C(F)(F)F)cc4CCC23)CCS1(=O)=O. The fourth-order valence-corrected chi connectivity index (χ4v) is 8.55. The Morgan fingerprint density at radius 1 is 1.10 bits per heavy atom. The maximum absolute atomic E-state index is 14.9. The lowest BCUT2D eigenvalue weighted by molar-refractivity contribution is -0.228. The minimum absolute atomic E-state index is 0.00812. The standard InChI is InChI=1S/C29H32ClF4NO3S/c1-18-15-21(11-14-39(18,37)38)26(36)35-13-12-28(17-19-3-7-23(30)8-4-19)24-9-6-22(27(2,31)29(32,33)34)16-20(24)5-10-25(28)35/h3-4,6-9,16,18,21,25H,5,10-15,17H2,1-2H3. The van der Waals surface area contributed by atoms with Crippen molar-refractivity contribution < 1.29 is 30.8 Å². The number of nitrogens with zero attached hydrogens (tertiary/aromatic N) is 1. The lowest BCUT2D eigenvalue weighted by Gasteiger charge is -2.45. The number of hydrogen-bond donors (Lipinski definition) is 0. The molecule has 0 radical (unpaired) electrons. The Labute approximate surface area is 231 Å². The van der Waals surface area contributed by atoms with E-state index >= 15 is 0 Å². The lowest BCUT2D eigenvalue weighted by atomic mass is 9.63. The van der Waals surface area contributed by atoms with Gasteiger partial charge in [0.05, 0.1) is 11.0 Å². The minimum Gasteiger partial charge on any atom is -0.339 e. The van der Waals surface area contributed by atoms with Crippen molar-refractivity contribution in [3.8, 4) is 0 Å². The second kappa shape index (κ2) is 9.75. The molecule has 5 atom stereocenters. The summed E-state index contributed by atoms with van der Waals surface area (Å²) < 4.78 is 79.8. The summed E-state index contributed by atoms with van der Waals surface area (Å²) in [7, 11) is -3.19. The number of halogens is 5. The zero-order chi connectivity index (χ0) is 28.4. The third-order valence-electron chi connectivity index (χ3n) is 9.26. The van der Waals surface area contributed by atoms with Crippen LogP contribution in [0.15, 0.2) is 42.5 Å². The van der Waals surface area contributed by atoms with Gasteiger partial charge in [0.15, 0.2) is 9.84 Å². The molecule has 2 aromatic carbocycles. The van der Waals surface area contributed by atoms with Gasteiger partial charge in [-0.1, -0.05) is 41.9 Å². The van der Waals surface area contributed by atoms with E-state index in [1.54, 1.807) is 25.1 Å². The van der Waals surface area contributed by atoms with E-state index in [-0.39, 0.29) is 23.6 Å². The monoisotopic (exact) mass is 585 g/mol. The number of likely N-dealkylation sites (tertiary alicyclic amines) is 1. The minimum atomic E-state index is -5.04. The van der Waals surface area contributed by atoms with Crippen LogP contribution in [-0.2, 0) is 38.6 Å². The number of rotatable bonds is 4. The number of hydrogen-bond acceptors (Lipinski definition) is 3. The van der Waals surface area contributed by atoms with Gasteiger partial charge in [0.2, 0.25) is 11.6 Å². The highest BCUT2D eigenvalue weighted by molar-refractivity contribution is 7.92. The van der Waals surface area contributed by atoms with Crippen LogP contribution in [0.2, 0.25) is 5.02 Å². The zero-order valence-electron chi connectivity index (χ0n) is 21.9. The average Bonchev–Trinajstić information content (AvgIpc) is 3.25. The number of alkyl halides is 4. The molecule has 0 aromatic heterocycles. The van der Waals surface area contributed by atoms with E-state index in [1.165, 1.54) is 12.1 Å². The number of aryl methyl sites for hydroxylation is 1. The van der Waals surface area contributed by atoms with Crippen LogP contribution in [-0.4, -0.2) is 49.0 Å². The van der Waals surface area contributed by atoms with Crippen molar-refractivity contribution in [1.82, 2.24) is 4.90 Å². The molecule has 2 aliphatic heterocycles. The van der Waals surface area contributed by atoms with Gasteiger partial charge in [-0.05, 0) is 86.8 Å². The highest BCUT2D eigenvalue weighted by Gasteiger charge is 2.56. The summed E-state index contributed by atoms with van der Waals surface area (Å²) in [4.78, 5) is 15.7. The molecular weight excluding hydrogens is 554 g/mol. The lowest BCUT2D eigenvalue weighted by Crippen LogP contribution is -2.51. The van der Waals surface area contributed by atoms with Crippen molar-refractivity contribution in [2.24, 2.45) is 5.92 Å². The quantitative estimate of drug-likeness (QED) is 0.394. The van der Waals surface area contributed by atoms with E-state index < -0.39 is 37.9 Å². The average molecular weight is 586 g/mol. The molecule has 2 fully saturated rings. The van der Waals surface area contributed by atoms with E-state index in [1.807, 2.05) is 17.0 Å². The van der Waals surface area contributed by atoms with Crippen LogP contribution < -0.4 is 0 Å². The highest BCUT2D eigenvalue weighted by atomic mass is 35.5. The van der Waals surface area contributed by atoms with Gasteiger partial charge in [0.25, 0.3) is 0 Å². The Morgan fingerprint density at radius 2 is 1.79 bits per heavy atom. The number of fused-ring (bicyclic) bond motifs is 3. The smallest absolute Gasteiger partial charge is 0.339 e. The molecule has 5 rings (SSSR count). The van der Waals surface area contributed by atoms with E-state index in [9.17, 15) is 30.8 Å². The van der Waals surface area contributed by atoms with Gasteiger partial charge < -0.3 is 4.90 Å². The van der Waals surface area contributed by atoms with E-state index in [0.717, 1.165) is 11.1 Å². The number of carbonyl (C=O) groups excluding carboxylic acids is 1. The normalized spacial score (nSPS) is 29.8. The van der Waals surface area contributed by atoms with Crippen LogP contribution in [0.3, 0.4) is 0 Å². The van der Waals surface area contributed by atoms with E-state index in [0.29, 0.717) is 62.6 Å². The number of carbonyl (C=O) groups is 1. The number of benzene rings is 2. The third kappa shape index (κ3) is 4.88. The highest BCUT2D eigenvalue weighted by Crippen LogP contribution is 2.51. The first kappa shape index (κ1) is 28.4. The van der Waals surface area contributed by atoms with Crippen LogP contribution in [0.4, 0.5) is 17.6 Å². The summed E-state index contributed by atoms with van der Waals surface area (Å²) in [5.41, 5.74) is -1.94. The number of amides is 1. The fourth-order valence-electron chi connectivity index (χ4n) is 6.88. The predicted octanol–water partition coefficient (Wildman–Crippen LogP) is 6.33. The molecule has 10 heteroatoms. The second-order valence-corrected chi connectivity index (χ2v) is 14.5. The van der Waals surface area contributed by atoms with Crippen LogP contribution in [0.5, 0.6) is 0 Å². The van der Waals surface area contributed by atoms with Crippen molar-refractivity contribution in [1.29, 1.82) is 0 Å². The zero-order valence-corrected chi connectivity index (χ0v) is 23.5. The molecule has 2 saturated heterocycles. The number of sulfone groups is 1. The molecule has 2 heterocycles. The second-order valence-electron chi connectivity index (χ2n) is 11.6. The molecule has 5 unspecified atom stereocenters. The van der Waals surface area contributed by atoms with Crippen LogP contribution >= 0.6 is 11.6 Å². The molecule has 4 nitrogen and oxygen atoms in total. The van der Waals surface area contributed by atoms with Gasteiger partial charge in [-0.2, -0.15) is 13.2 Å². The molecule has 0 N–H and O–H groups in total. The van der Waals surface area contributed by atoms with Crippen LogP contribution in [0, 0.1) is 5.92 Å². The van der Waals surface area contributed by atoms with Crippen molar-refractivity contribution in [3.05, 3.63) is 69.7 Å². The summed E-state index contributed by atoms with van der Waals surface area (Å²) in [6.07, 6.45) is -2.35. The molecule has 0 saturated carbocycles. The summed E-state index contributed by atoms with van der Waals surface area (Å²) >= 11 is 6.10. The van der Waals surface area contributed by atoms with E-state index in [2.05, 4.69) is 0 Å². The van der Waals surface area contributed by atoms with Gasteiger partial charge in [0, 0.05) is 28.9 Å². The first-order valence-electron chi connectivity index (χ1n) is 13.3. The first-order valence-corrected chi connectivity index (χ1v) is 15.4. The molecule has 2 aromatic rings. The molecule has 3 aliphatic rings. The molecule has 39 heavy (non-hydrogen) atoms. The third-order valence-corrected chi connectivity index (χ3v) is 11.7. The summed E-state index contributed by atoms with van der Waals surface area (Å²) in [6, 6.07) is 11.4. The van der Waals surface area contributed by atoms with Gasteiger partial charge in [0.1, 0.15) is 0 Å². The van der Waals surface area contributed by atoms with E-state index in [4.69, 9.17) is 11.6 Å². The molecular formula is C29H32ClF4NO3S. The molecule has 1 aliphatic carbocycles. The maximum Gasteiger partial charge on any atom is 0.426 e. The fraction of sp³-hybridized carbons (Fsp3) is 0.552. The Kier molecular flexibility index (Phi) is 7.10.